The summed E-state index contributed by atoms with van der Waals surface area (Å²) >= 11 is 6.51. The molecular weight excluding hydrogens is 670 g/mol. The van der Waals surface area contributed by atoms with E-state index in [1.165, 1.54) is 55.4 Å². The number of benzene rings is 2. The standard InChI is InChI=1S/C35H41ClF2N8O4/c1-21(41-12-17-50-3)27(19-39)24-6-7-26(31(38)30(24)37)29-20-42-32(44(29)2)33(47)43-23-4-5-25(28(36)18-23)35(49)46-15-13-45(14-16-46)34(48)22-8-10-40-11-9-22/h4-7,18-20,22,40H,8-17,39H2,1-3H3,(H,43,47)/b27-19+,41-21?. The molecule has 5 rings (SSSR count). The number of nitrogens with one attached hydrogen (secondary N) is 2. The number of anilines is 1. The molecule has 2 fully saturated rings. The number of aliphatic imine (C=N–C) groups is 1. The molecule has 2 aromatic carbocycles. The highest BCUT2D eigenvalue weighted by atomic mass is 35.5. The highest BCUT2D eigenvalue weighted by Gasteiger charge is 2.31. The molecule has 3 aromatic rings. The molecule has 0 aliphatic carbocycles. The molecule has 0 saturated carbocycles. The minimum absolute atomic E-state index is 0.0261. The van der Waals surface area contributed by atoms with Crippen LogP contribution >= 0.6 is 11.6 Å². The molecule has 0 spiro atoms. The molecule has 2 aliphatic rings. The van der Waals surface area contributed by atoms with Gasteiger partial charge in [0.05, 0.1) is 35.6 Å². The van der Waals surface area contributed by atoms with E-state index >= 15 is 8.78 Å². The van der Waals surface area contributed by atoms with Crippen molar-refractivity contribution in [2.45, 2.75) is 19.8 Å². The lowest BCUT2D eigenvalue weighted by atomic mass is 9.96. The van der Waals surface area contributed by atoms with Crippen LogP contribution in [-0.4, -0.2) is 102 Å². The summed E-state index contributed by atoms with van der Waals surface area (Å²) in [6.07, 6.45) is 4.10. The first kappa shape index (κ1) is 36.6. The van der Waals surface area contributed by atoms with Crippen LogP contribution < -0.4 is 16.4 Å². The molecule has 3 heterocycles. The van der Waals surface area contributed by atoms with Crippen molar-refractivity contribution in [1.82, 2.24) is 24.7 Å². The average Bonchev–Trinajstić information content (AvgIpc) is 3.51. The van der Waals surface area contributed by atoms with Gasteiger partial charge < -0.3 is 35.5 Å². The van der Waals surface area contributed by atoms with Gasteiger partial charge in [-0.25, -0.2) is 13.8 Å². The van der Waals surface area contributed by atoms with Gasteiger partial charge in [-0.05, 0) is 57.1 Å². The van der Waals surface area contributed by atoms with E-state index in [0.29, 0.717) is 50.7 Å². The smallest absolute Gasteiger partial charge is 0.291 e. The third kappa shape index (κ3) is 7.87. The van der Waals surface area contributed by atoms with Crippen LogP contribution in [0.2, 0.25) is 5.02 Å². The number of carbonyl (C=O) groups excluding carboxylic acids is 3. The number of hydrogen-bond donors (Lipinski definition) is 3. The number of ether oxygens (including phenoxy) is 1. The fourth-order valence-electron chi connectivity index (χ4n) is 6.20. The Kier molecular flexibility index (Phi) is 12.0. The summed E-state index contributed by atoms with van der Waals surface area (Å²) in [5, 5.41) is 6.11. The normalized spacial score (nSPS) is 16.1. The number of nitrogens with two attached hydrogens (primary N) is 1. The van der Waals surface area contributed by atoms with Crippen molar-refractivity contribution in [3.63, 3.8) is 0 Å². The number of aromatic nitrogens is 2. The minimum atomic E-state index is -1.14. The average molecular weight is 711 g/mol. The fraction of sp³-hybridized carbons (Fsp3) is 0.400. The number of nitrogens with zero attached hydrogens (tertiary/aromatic N) is 5. The van der Waals surface area contributed by atoms with Crippen molar-refractivity contribution in [2.24, 2.45) is 23.7 Å². The third-order valence-electron chi connectivity index (χ3n) is 9.06. The maximum absolute atomic E-state index is 15.5. The Morgan fingerprint density at radius 2 is 1.76 bits per heavy atom. The van der Waals surface area contributed by atoms with E-state index in [9.17, 15) is 14.4 Å². The maximum atomic E-state index is 15.5. The van der Waals surface area contributed by atoms with Gasteiger partial charge >= 0.3 is 0 Å². The zero-order chi connectivity index (χ0) is 35.9. The Morgan fingerprint density at radius 3 is 2.42 bits per heavy atom. The lowest BCUT2D eigenvalue weighted by molar-refractivity contribution is -0.137. The van der Waals surface area contributed by atoms with Gasteiger partial charge in [-0.2, -0.15) is 0 Å². The second-order valence-corrected chi connectivity index (χ2v) is 12.6. The van der Waals surface area contributed by atoms with Crippen molar-refractivity contribution >= 4 is 46.3 Å². The molecule has 0 unspecified atom stereocenters. The van der Waals surface area contributed by atoms with Crippen molar-refractivity contribution < 1.29 is 27.9 Å². The molecule has 0 atom stereocenters. The molecule has 50 heavy (non-hydrogen) atoms. The van der Waals surface area contributed by atoms with Gasteiger partial charge in [-0.15, -0.1) is 0 Å². The number of piperazine rings is 1. The van der Waals surface area contributed by atoms with Crippen molar-refractivity contribution in [2.75, 3.05) is 64.8 Å². The predicted molar refractivity (Wildman–Crippen MR) is 188 cm³/mol. The van der Waals surface area contributed by atoms with Crippen LogP contribution in [0, 0.1) is 17.6 Å². The predicted octanol–water partition coefficient (Wildman–Crippen LogP) is 3.96. The zero-order valence-electron chi connectivity index (χ0n) is 28.3. The van der Waals surface area contributed by atoms with Crippen molar-refractivity contribution in [1.29, 1.82) is 0 Å². The van der Waals surface area contributed by atoms with E-state index < -0.39 is 17.5 Å². The summed E-state index contributed by atoms with van der Waals surface area (Å²) in [6.45, 7) is 5.73. The highest BCUT2D eigenvalue weighted by molar-refractivity contribution is 6.34. The Hall–Kier alpha value is -4.66. The first-order valence-corrected chi connectivity index (χ1v) is 16.8. The molecule has 0 bridgehead atoms. The van der Waals surface area contributed by atoms with Crippen molar-refractivity contribution in [3.05, 3.63) is 76.3 Å². The first-order chi connectivity index (χ1) is 24.0. The number of piperidine rings is 1. The van der Waals surface area contributed by atoms with E-state index in [2.05, 4.69) is 20.6 Å². The second kappa shape index (κ2) is 16.4. The van der Waals surface area contributed by atoms with E-state index in [1.54, 1.807) is 17.9 Å². The molecule has 2 aliphatic heterocycles. The van der Waals surface area contributed by atoms with Crippen LogP contribution in [0.3, 0.4) is 0 Å². The SMILES string of the molecule is COCCN=C(C)/C(=C\N)c1ccc(-c2cnc(C(=O)Nc3ccc(C(=O)N4CCN(C(=O)C5CCNCC5)CC4)c(Cl)c3)n2C)c(F)c1F. The molecule has 266 valence electrons. The Bertz CT molecular complexity index is 1810. The van der Waals surface area contributed by atoms with Gasteiger partial charge in [0.1, 0.15) is 0 Å². The van der Waals surface area contributed by atoms with Crippen LogP contribution in [0.25, 0.3) is 16.8 Å². The Balaban J connectivity index is 1.24. The van der Waals surface area contributed by atoms with Gasteiger partial charge in [0.2, 0.25) is 5.91 Å². The minimum Gasteiger partial charge on any atom is -0.404 e. The summed E-state index contributed by atoms with van der Waals surface area (Å²) in [5.41, 5.74) is 6.98. The van der Waals surface area contributed by atoms with Gasteiger partial charge in [0, 0.05) is 80.6 Å². The van der Waals surface area contributed by atoms with E-state index in [4.69, 9.17) is 22.1 Å². The lowest BCUT2D eigenvalue weighted by Crippen LogP contribution is -2.52. The first-order valence-electron chi connectivity index (χ1n) is 16.4. The monoisotopic (exact) mass is 710 g/mol. The van der Waals surface area contributed by atoms with Gasteiger partial charge in [0.15, 0.2) is 17.5 Å². The number of methoxy groups -OCH3 is 1. The number of halogens is 3. The molecule has 1 aromatic heterocycles. The molecule has 3 amide bonds. The Labute approximate surface area is 294 Å². The largest absolute Gasteiger partial charge is 0.404 e. The summed E-state index contributed by atoms with van der Waals surface area (Å²) in [7, 11) is 3.04. The summed E-state index contributed by atoms with van der Waals surface area (Å²) in [4.78, 5) is 51.4. The zero-order valence-corrected chi connectivity index (χ0v) is 29.0. The number of imidazole rings is 1. The number of rotatable bonds is 10. The molecule has 2 saturated heterocycles. The van der Waals surface area contributed by atoms with Crippen LogP contribution in [0.1, 0.15) is 46.3 Å². The fourth-order valence-corrected chi connectivity index (χ4v) is 6.46. The highest BCUT2D eigenvalue weighted by Crippen LogP contribution is 2.31. The van der Waals surface area contributed by atoms with Crippen LogP contribution in [-0.2, 0) is 16.6 Å². The van der Waals surface area contributed by atoms with Gasteiger partial charge in [-0.3, -0.25) is 19.4 Å². The quantitative estimate of drug-likeness (QED) is 0.213. The molecule has 4 N–H and O–H groups in total. The van der Waals surface area contributed by atoms with Crippen LogP contribution in [0.5, 0.6) is 0 Å². The lowest BCUT2D eigenvalue weighted by Gasteiger charge is -2.37. The van der Waals surface area contributed by atoms with E-state index in [1.807, 2.05) is 4.90 Å². The van der Waals surface area contributed by atoms with Crippen LogP contribution in [0.4, 0.5) is 14.5 Å². The van der Waals surface area contributed by atoms with Gasteiger partial charge in [0.25, 0.3) is 11.8 Å². The summed E-state index contributed by atoms with van der Waals surface area (Å²) in [6, 6.07) is 7.33. The summed E-state index contributed by atoms with van der Waals surface area (Å²) in [5.74, 6) is -3.04. The third-order valence-corrected chi connectivity index (χ3v) is 9.38. The number of allylic oxidation sites excluding steroid dienone is 1. The van der Waals surface area contributed by atoms with E-state index in [-0.39, 0.29) is 56.5 Å². The molecule has 15 heteroatoms. The molecule has 12 nitrogen and oxygen atoms in total. The summed E-state index contributed by atoms with van der Waals surface area (Å²) < 4.78 is 37.2. The topological polar surface area (TPSA) is 147 Å². The second-order valence-electron chi connectivity index (χ2n) is 12.1. The van der Waals surface area contributed by atoms with E-state index in [0.717, 1.165) is 25.9 Å². The molecular formula is C35H41ClF2N8O4. The van der Waals surface area contributed by atoms with Crippen molar-refractivity contribution in [3.8, 4) is 11.3 Å². The number of carbonyl (C=O) groups is 3. The van der Waals surface area contributed by atoms with Gasteiger partial charge in [-0.1, -0.05) is 17.7 Å². The number of amides is 3. The maximum Gasteiger partial charge on any atom is 0.291 e. The number of hydrogen-bond acceptors (Lipinski definition) is 8. The van der Waals surface area contributed by atoms with Crippen LogP contribution in [0.15, 0.2) is 47.7 Å². The molecule has 0 radical (unpaired) electrons. The Morgan fingerprint density at radius 1 is 1.08 bits per heavy atom.